The highest BCUT2D eigenvalue weighted by Crippen LogP contribution is 2.28. The smallest absolute Gasteiger partial charge is 0.252 e. The van der Waals surface area contributed by atoms with Crippen LogP contribution in [-0.2, 0) is 9.59 Å². The van der Waals surface area contributed by atoms with Crippen LogP contribution >= 0.6 is 11.6 Å². The Morgan fingerprint density at radius 1 is 1.27 bits per heavy atom. The minimum atomic E-state index is -0.916. The number of aryl methyl sites for hydroxylation is 1. The van der Waals surface area contributed by atoms with Gasteiger partial charge in [0.05, 0.1) is 19.2 Å². The lowest BCUT2D eigenvalue weighted by molar-refractivity contribution is -0.123. The van der Waals surface area contributed by atoms with E-state index in [0.717, 1.165) is 11.3 Å². The van der Waals surface area contributed by atoms with Gasteiger partial charge in [0, 0.05) is 10.7 Å². The Morgan fingerprint density at radius 2 is 2.00 bits per heavy atom. The van der Waals surface area contributed by atoms with Crippen molar-refractivity contribution in [1.29, 1.82) is 0 Å². The number of hydrogen-bond donors (Lipinski definition) is 4. The first-order valence-electron chi connectivity index (χ1n) is 9.04. The van der Waals surface area contributed by atoms with Gasteiger partial charge in [-0.1, -0.05) is 29.3 Å². The summed E-state index contributed by atoms with van der Waals surface area (Å²) < 4.78 is 5.19. The predicted octanol–water partition coefficient (Wildman–Crippen LogP) is 2.27. The number of guanidine groups is 2. The summed E-state index contributed by atoms with van der Waals surface area (Å²) in [7, 11) is 1.48. The number of carbonyl (C=O) groups excluding carboxylic acids is 2. The Balaban J connectivity index is 1.63. The zero-order chi connectivity index (χ0) is 21.7. The van der Waals surface area contributed by atoms with Crippen LogP contribution in [0.1, 0.15) is 12.0 Å². The highest BCUT2D eigenvalue weighted by Gasteiger charge is 2.29. The van der Waals surface area contributed by atoms with Gasteiger partial charge in [-0.15, -0.1) is 0 Å². The summed E-state index contributed by atoms with van der Waals surface area (Å²) in [6.07, 6.45) is -0.175. The van der Waals surface area contributed by atoms with Crippen LogP contribution in [0.4, 0.5) is 11.4 Å². The van der Waals surface area contributed by atoms with Crippen LogP contribution < -0.4 is 26.4 Å². The van der Waals surface area contributed by atoms with E-state index in [1.54, 1.807) is 18.2 Å². The second kappa shape index (κ2) is 9.27. The molecule has 9 nitrogen and oxygen atoms in total. The number of nitrogens with two attached hydrogens (primary N) is 1. The third-order valence-corrected chi connectivity index (χ3v) is 4.42. The number of benzene rings is 2. The Hall–Kier alpha value is -3.59. The summed E-state index contributed by atoms with van der Waals surface area (Å²) in [5.74, 6) is -0.310. The standard InChI is InChI=1S/C20H21ClN6O3/c1-11-3-6-13(7-4-11)23-19(22)27-20-25-15(18(29)26-20)10-17(28)24-14-9-12(21)5-8-16(14)30-2/h3-9,15H,10H2,1-2H3,(H,24,28)(H4,22,23,25,26,27,29)/t15-/m0/s1. The lowest BCUT2D eigenvalue weighted by Crippen LogP contribution is -2.32. The fourth-order valence-corrected chi connectivity index (χ4v) is 2.88. The molecule has 0 aliphatic carbocycles. The average Bonchev–Trinajstić information content (AvgIpc) is 3.02. The number of amides is 2. The summed E-state index contributed by atoms with van der Waals surface area (Å²) in [4.78, 5) is 32.7. The second-order valence-electron chi connectivity index (χ2n) is 6.54. The number of ether oxygens (including phenoxy) is 1. The highest BCUT2D eigenvalue weighted by atomic mass is 35.5. The quantitative estimate of drug-likeness (QED) is 0.428. The monoisotopic (exact) mass is 428 g/mol. The van der Waals surface area contributed by atoms with E-state index in [-0.39, 0.29) is 18.3 Å². The molecule has 1 atom stereocenters. The Morgan fingerprint density at radius 3 is 2.70 bits per heavy atom. The van der Waals surface area contributed by atoms with E-state index in [1.807, 2.05) is 31.2 Å². The Labute approximate surface area is 178 Å². The Kier molecular flexibility index (Phi) is 6.53. The summed E-state index contributed by atoms with van der Waals surface area (Å²) in [5, 5.41) is 8.53. The molecule has 1 aliphatic rings. The van der Waals surface area contributed by atoms with Gasteiger partial charge in [-0.3, -0.25) is 14.9 Å². The van der Waals surface area contributed by atoms with Crippen molar-refractivity contribution in [3.05, 3.63) is 53.1 Å². The molecule has 3 rings (SSSR count). The molecule has 0 aromatic heterocycles. The van der Waals surface area contributed by atoms with Crippen molar-refractivity contribution in [2.75, 3.05) is 17.7 Å². The van der Waals surface area contributed by atoms with Crippen LogP contribution in [0.5, 0.6) is 5.75 Å². The van der Waals surface area contributed by atoms with Crippen LogP contribution in [0.15, 0.2) is 52.4 Å². The van der Waals surface area contributed by atoms with Gasteiger partial charge in [0.2, 0.25) is 17.8 Å². The van der Waals surface area contributed by atoms with Gasteiger partial charge in [0.25, 0.3) is 5.91 Å². The molecule has 2 aromatic carbocycles. The molecule has 0 radical (unpaired) electrons. The number of halogens is 1. The molecule has 0 unspecified atom stereocenters. The highest BCUT2D eigenvalue weighted by molar-refractivity contribution is 6.31. The molecular formula is C20H21ClN6O3. The fraction of sp³-hybridized carbons (Fsp3) is 0.200. The minimum absolute atomic E-state index is 0.0373. The molecule has 2 amide bonds. The van der Waals surface area contributed by atoms with Gasteiger partial charge in [-0.2, -0.15) is 4.99 Å². The first-order valence-corrected chi connectivity index (χ1v) is 9.42. The van der Waals surface area contributed by atoms with Crippen molar-refractivity contribution in [2.24, 2.45) is 15.7 Å². The van der Waals surface area contributed by atoms with Crippen molar-refractivity contribution in [2.45, 2.75) is 19.4 Å². The number of nitrogens with one attached hydrogen (secondary N) is 3. The van der Waals surface area contributed by atoms with Gasteiger partial charge in [-0.25, -0.2) is 4.99 Å². The summed E-state index contributed by atoms with van der Waals surface area (Å²) in [6, 6.07) is 11.5. The topological polar surface area (TPSA) is 130 Å². The fourth-order valence-electron chi connectivity index (χ4n) is 2.71. The van der Waals surface area contributed by atoms with Crippen LogP contribution in [0, 0.1) is 6.92 Å². The van der Waals surface area contributed by atoms with Crippen LogP contribution in [0.2, 0.25) is 5.02 Å². The van der Waals surface area contributed by atoms with Gasteiger partial charge < -0.3 is 21.1 Å². The van der Waals surface area contributed by atoms with Crippen molar-refractivity contribution in [1.82, 2.24) is 5.32 Å². The number of rotatable bonds is 5. The zero-order valence-corrected chi connectivity index (χ0v) is 17.2. The third kappa shape index (κ3) is 5.48. The predicted molar refractivity (Wildman–Crippen MR) is 117 cm³/mol. The van der Waals surface area contributed by atoms with Gasteiger partial charge in [0.15, 0.2) is 0 Å². The van der Waals surface area contributed by atoms with Crippen LogP contribution in [-0.4, -0.2) is 36.9 Å². The van der Waals surface area contributed by atoms with E-state index in [4.69, 9.17) is 22.1 Å². The summed E-state index contributed by atoms with van der Waals surface area (Å²) >= 11 is 5.96. The van der Waals surface area contributed by atoms with E-state index in [9.17, 15) is 9.59 Å². The van der Waals surface area contributed by atoms with Gasteiger partial charge >= 0.3 is 0 Å². The van der Waals surface area contributed by atoms with Crippen molar-refractivity contribution < 1.29 is 14.3 Å². The van der Waals surface area contributed by atoms with Crippen molar-refractivity contribution in [3.8, 4) is 5.75 Å². The van der Waals surface area contributed by atoms with E-state index in [0.29, 0.717) is 16.5 Å². The lowest BCUT2D eigenvalue weighted by Gasteiger charge is -2.11. The lowest BCUT2D eigenvalue weighted by atomic mass is 10.2. The molecule has 0 bridgehead atoms. The molecule has 0 saturated heterocycles. The number of anilines is 2. The SMILES string of the molecule is COc1ccc(Cl)cc1NC(=O)C[C@@H]1N=C(N=C(N)Nc2ccc(C)cc2)NC1=O. The molecule has 10 heteroatoms. The third-order valence-electron chi connectivity index (χ3n) is 4.18. The van der Waals surface area contributed by atoms with E-state index >= 15 is 0 Å². The number of nitrogens with zero attached hydrogens (tertiary/aromatic N) is 2. The number of methoxy groups -OCH3 is 1. The van der Waals surface area contributed by atoms with E-state index in [1.165, 1.54) is 7.11 Å². The molecule has 0 spiro atoms. The molecule has 1 aliphatic heterocycles. The van der Waals surface area contributed by atoms with Gasteiger partial charge in [0.1, 0.15) is 11.8 Å². The number of hydrogen-bond acceptors (Lipinski definition) is 5. The molecule has 30 heavy (non-hydrogen) atoms. The van der Waals surface area contributed by atoms with E-state index < -0.39 is 17.9 Å². The maximum absolute atomic E-state index is 12.4. The van der Waals surface area contributed by atoms with Crippen LogP contribution in [0.3, 0.4) is 0 Å². The molecule has 1 heterocycles. The molecule has 5 N–H and O–H groups in total. The zero-order valence-electron chi connectivity index (χ0n) is 16.4. The first kappa shape index (κ1) is 21.1. The molecule has 2 aromatic rings. The van der Waals surface area contributed by atoms with E-state index in [2.05, 4.69) is 25.9 Å². The maximum atomic E-state index is 12.4. The van der Waals surface area contributed by atoms with Crippen LogP contribution in [0.25, 0.3) is 0 Å². The average molecular weight is 429 g/mol. The normalized spacial score (nSPS) is 16.0. The van der Waals surface area contributed by atoms with Crippen molar-refractivity contribution in [3.63, 3.8) is 0 Å². The summed E-state index contributed by atoms with van der Waals surface area (Å²) in [6.45, 7) is 1.97. The molecule has 156 valence electrons. The minimum Gasteiger partial charge on any atom is -0.495 e. The van der Waals surface area contributed by atoms with Gasteiger partial charge in [-0.05, 0) is 37.3 Å². The number of carbonyl (C=O) groups is 2. The molecule has 0 saturated carbocycles. The Bertz CT molecular complexity index is 1020. The maximum Gasteiger partial charge on any atom is 0.252 e. The van der Waals surface area contributed by atoms with Crippen molar-refractivity contribution >= 4 is 46.7 Å². The summed E-state index contributed by atoms with van der Waals surface area (Å²) in [5.41, 5.74) is 8.13. The first-order chi connectivity index (χ1) is 14.3. The second-order valence-corrected chi connectivity index (χ2v) is 6.98. The number of aliphatic imine (C=N–C) groups is 2. The largest absolute Gasteiger partial charge is 0.495 e. The molecule has 0 fully saturated rings. The molecular weight excluding hydrogens is 408 g/mol.